The minimum atomic E-state index is -3.19. The summed E-state index contributed by atoms with van der Waals surface area (Å²) in [6.45, 7) is 4.03. The number of nitrogens with two attached hydrogens (primary N) is 1. The summed E-state index contributed by atoms with van der Waals surface area (Å²) in [6, 6.07) is 6.97. The van der Waals surface area contributed by atoms with Crippen LogP contribution in [0.2, 0.25) is 0 Å². The fraction of sp³-hybridized carbons (Fsp3) is 0.571. The van der Waals surface area contributed by atoms with Crippen LogP contribution in [-0.2, 0) is 9.84 Å². The van der Waals surface area contributed by atoms with Gasteiger partial charge < -0.3 is 10.8 Å². The predicted octanol–water partition coefficient (Wildman–Crippen LogP) is 1.68. The molecule has 2 atom stereocenters. The Bertz CT molecular complexity index is 499. The van der Waals surface area contributed by atoms with E-state index in [-0.39, 0.29) is 18.2 Å². The molecular formula is C14H23NO3S. The van der Waals surface area contributed by atoms with E-state index < -0.39 is 15.9 Å². The number of benzene rings is 1. The van der Waals surface area contributed by atoms with Gasteiger partial charge in [0, 0.05) is 6.54 Å². The third kappa shape index (κ3) is 4.60. The maximum absolute atomic E-state index is 12.0. The molecule has 4 nitrogen and oxygen atoms in total. The van der Waals surface area contributed by atoms with Crippen LogP contribution in [0.15, 0.2) is 29.2 Å². The van der Waals surface area contributed by atoms with Crippen molar-refractivity contribution in [2.75, 3.05) is 12.3 Å². The van der Waals surface area contributed by atoms with E-state index in [2.05, 4.69) is 0 Å². The zero-order chi connectivity index (χ0) is 14.5. The predicted molar refractivity (Wildman–Crippen MR) is 76.9 cm³/mol. The fourth-order valence-electron chi connectivity index (χ4n) is 2.04. The summed E-state index contributed by atoms with van der Waals surface area (Å²) in [6.07, 6.45) is 0.591. The van der Waals surface area contributed by atoms with Crippen LogP contribution in [-0.4, -0.2) is 31.9 Å². The zero-order valence-corrected chi connectivity index (χ0v) is 12.4. The van der Waals surface area contributed by atoms with Crippen LogP contribution in [0, 0.1) is 0 Å². The molecular weight excluding hydrogens is 262 g/mol. The van der Waals surface area contributed by atoms with Gasteiger partial charge in [0.1, 0.15) is 0 Å². The first kappa shape index (κ1) is 16.1. The second-order valence-electron chi connectivity index (χ2n) is 4.92. The van der Waals surface area contributed by atoms with Crippen molar-refractivity contribution in [1.29, 1.82) is 0 Å². The van der Waals surface area contributed by atoms with Crippen molar-refractivity contribution in [2.45, 2.75) is 43.6 Å². The average Bonchev–Trinajstić information content (AvgIpc) is 2.38. The lowest BCUT2D eigenvalue weighted by molar-refractivity contribution is 0.165. The molecule has 0 aliphatic heterocycles. The molecule has 3 N–H and O–H groups in total. The fourth-order valence-corrected chi connectivity index (χ4v) is 3.42. The molecule has 0 bridgehead atoms. The molecule has 0 heterocycles. The van der Waals surface area contributed by atoms with Gasteiger partial charge in [-0.05, 0) is 36.5 Å². The first-order valence-electron chi connectivity index (χ1n) is 6.61. The molecule has 0 radical (unpaired) electrons. The lowest BCUT2D eigenvalue weighted by atomic mass is 9.95. The van der Waals surface area contributed by atoms with E-state index in [9.17, 15) is 13.5 Å². The topological polar surface area (TPSA) is 80.4 Å². The molecule has 5 heteroatoms. The van der Waals surface area contributed by atoms with Gasteiger partial charge in [0.15, 0.2) is 9.84 Å². The molecule has 1 rings (SSSR count). The summed E-state index contributed by atoms with van der Waals surface area (Å²) in [7, 11) is -3.19. The Kier molecular flexibility index (Phi) is 5.97. The lowest BCUT2D eigenvalue weighted by Gasteiger charge is -2.16. The normalized spacial score (nSPS) is 15.2. The highest BCUT2D eigenvalue weighted by atomic mass is 32.2. The molecule has 0 aromatic heterocycles. The third-order valence-corrected chi connectivity index (χ3v) is 5.07. The van der Waals surface area contributed by atoms with Crippen LogP contribution >= 0.6 is 0 Å². The highest BCUT2D eigenvalue weighted by Crippen LogP contribution is 2.23. The first-order valence-corrected chi connectivity index (χ1v) is 8.26. The van der Waals surface area contributed by atoms with Crippen molar-refractivity contribution >= 4 is 9.84 Å². The Labute approximate surface area is 115 Å². The summed E-state index contributed by atoms with van der Waals surface area (Å²) in [4.78, 5) is 0.362. The summed E-state index contributed by atoms with van der Waals surface area (Å²) >= 11 is 0. The van der Waals surface area contributed by atoms with Gasteiger partial charge in [-0.2, -0.15) is 0 Å². The van der Waals surface area contributed by atoms with Crippen molar-refractivity contribution in [3.05, 3.63) is 29.8 Å². The Morgan fingerprint density at radius 1 is 1.37 bits per heavy atom. The standard InChI is InChI=1S/C14H23NO3S/c1-3-7-19(17,18)14-6-4-5-12(9-14)11(2)8-13(16)10-15/h4-6,9,11,13,16H,3,7-8,10,15H2,1-2H3. The van der Waals surface area contributed by atoms with Crippen molar-refractivity contribution < 1.29 is 13.5 Å². The van der Waals surface area contributed by atoms with Crippen LogP contribution < -0.4 is 5.73 Å². The quantitative estimate of drug-likeness (QED) is 0.799. The Hall–Kier alpha value is -0.910. The molecule has 0 aliphatic carbocycles. The molecule has 1 aromatic rings. The highest BCUT2D eigenvalue weighted by Gasteiger charge is 2.16. The number of hydrogen-bond acceptors (Lipinski definition) is 4. The third-order valence-electron chi connectivity index (χ3n) is 3.16. The van der Waals surface area contributed by atoms with Gasteiger partial charge in [0.2, 0.25) is 0 Å². The largest absolute Gasteiger partial charge is 0.392 e. The molecule has 0 spiro atoms. The molecule has 19 heavy (non-hydrogen) atoms. The van der Waals surface area contributed by atoms with Crippen molar-refractivity contribution in [3.8, 4) is 0 Å². The van der Waals surface area contributed by atoms with Crippen LogP contribution in [0.4, 0.5) is 0 Å². The smallest absolute Gasteiger partial charge is 0.178 e. The van der Waals surface area contributed by atoms with Gasteiger partial charge in [-0.25, -0.2) is 8.42 Å². The summed E-state index contributed by atoms with van der Waals surface area (Å²) < 4.78 is 24.0. The average molecular weight is 285 g/mol. The monoisotopic (exact) mass is 285 g/mol. The van der Waals surface area contributed by atoms with Gasteiger partial charge in [-0.15, -0.1) is 0 Å². The Morgan fingerprint density at radius 2 is 2.05 bits per heavy atom. The van der Waals surface area contributed by atoms with E-state index in [0.29, 0.717) is 17.7 Å². The van der Waals surface area contributed by atoms with Gasteiger partial charge in [-0.3, -0.25) is 0 Å². The minimum Gasteiger partial charge on any atom is -0.392 e. The molecule has 2 unspecified atom stereocenters. The van der Waals surface area contributed by atoms with Crippen LogP contribution in [0.25, 0.3) is 0 Å². The number of sulfone groups is 1. The minimum absolute atomic E-state index is 0.0790. The van der Waals surface area contributed by atoms with Crippen molar-refractivity contribution in [1.82, 2.24) is 0 Å². The van der Waals surface area contributed by atoms with Gasteiger partial charge in [0.25, 0.3) is 0 Å². The van der Waals surface area contributed by atoms with Crippen LogP contribution in [0.3, 0.4) is 0 Å². The summed E-state index contributed by atoms with van der Waals surface area (Å²) in [5.41, 5.74) is 6.31. The number of rotatable bonds is 7. The lowest BCUT2D eigenvalue weighted by Crippen LogP contribution is -2.21. The molecule has 0 saturated heterocycles. The van der Waals surface area contributed by atoms with Gasteiger partial charge in [0.05, 0.1) is 16.8 Å². The van der Waals surface area contributed by atoms with Gasteiger partial charge in [-0.1, -0.05) is 26.0 Å². The van der Waals surface area contributed by atoms with E-state index >= 15 is 0 Å². The second-order valence-corrected chi connectivity index (χ2v) is 7.03. The molecule has 1 aromatic carbocycles. The summed E-state index contributed by atoms with van der Waals surface area (Å²) in [5, 5.41) is 9.56. The number of aliphatic hydroxyl groups is 1. The number of hydrogen-bond donors (Lipinski definition) is 2. The molecule has 0 fully saturated rings. The van der Waals surface area contributed by atoms with Crippen molar-refractivity contribution in [3.63, 3.8) is 0 Å². The van der Waals surface area contributed by atoms with E-state index in [0.717, 1.165) is 5.56 Å². The molecule has 0 aliphatic rings. The zero-order valence-electron chi connectivity index (χ0n) is 11.5. The van der Waals surface area contributed by atoms with E-state index in [1.165, 1.54) is 0 Å². The number of aliphatic hydroxyl groups excluding tert-OH is 1. The maximum atomic E-state index is 12.0. The van der Waals surface area contributed by atoms with Crippen LogP contribution in [0.1, 0.15) is 38.2 Å². The second kappa shape index (κ2) is 7.03. The first-order chi connectivity index (χ1) is 8.90. The van der Waals surface area contributed by atoms with E-state index in [4.69, 9.17) is 5.73 Å². The maximum Gasteiger partial charge on any atom is 0.178 e. The Morgan fingerprint density at radius 3 is 2.63 bits per heavy atom. The van der Waals surface area contributed by atoms with Crippen molar-refractivity contribution in [2.24, 2.45) is 5.73 Å². The SMILES string of the molecule is CCCS(=O)(=O)c1cccc(C(C)CC(O)CN)c1. The van der Waals surface area contributed by atoms with Crippen LogP contribution in [0.5, 0.6) is 0 Å². The van der Waals surface area contributed by atoms with E-state index in [1.807, 2.05) is 19.9 Å². The highest BCUT2D eigenvalue weighted by molar-refractivity contribution is 7.91. The molecule has 108 valence electrons. The molecule has 0 amide bonds. The Balaban J connectivity index is 2.94. The van der Waals surface area contributed by atoms with Gasteiger partial charge >= 0.3 is 0 Å². The molecule has 0 saturated carbocycles. The van der Waals surface area contributed by atoms with E-state index in [1.54, 1.807) is 18.2 Å². The summed E-state index contributed by atoms with van der Waals surface area (Å²) in [5.74, 6) is 0.242.